The van der Waals surface area contributed by atoms with Gasteiger partial charge in [0.2, 0.25) is 0 Å². The van der Waals surface area contributed by atoms with Gasteiger partial charge in [0.1, 0.15) is 0 Å². The van der Waals surface area contributed by atoms with Gasteiger partial charge in [0.25, 0.3) is 0 Å². The van der Waals surface area contributed by atoms with Crippen molar-refractivity contribution in [3.63, 3.8) is 0 Å². The molecule has 9 rings (SSSR count). The second-order valence-corrected chi connectivity index (χ2v) is 15.1. The van der Waals surface area contributed by atoms with Crippen molar-refractivity contribution in [2.24, 2.45) is 0 Å². The van der Waals surface area contributed by atoms with Crippen LogP contribution in [0.5, 0.6) is 0 Å². The van der Waals surface area contributed by atoms with Crippen molar-refractivity contribution in [2.45, 2.75) is 31.6 Å². The summed E-state index contributed by atoms with van der Waals surface area (Å²) in [7, 11) is 0. The summed E-state index contributed by atoms with van der Waals surface area (Å²) in [4.78, 5) is 2.81. The summed E-state index contributed by atoms with van der Waals surface area (Å²) in [6.07, 6.45) is 19.9. The van der Waals surface area contributed by atoms with E-state index in [0.29, 0.717) is 0 Å². The zero-order chi connectivity index (χ0) is 32.2. The third-order valence-electron chi connectivity index (χ3n) is 9.84. The van der Waals surface area contributed by atoms with Gasteiger partial charge < -0.3 is 0 Å². The van der Waals surface area contributed by atoms with Crippen LogP contribution in [0, 0.1) is 0 Å². The number of thioether (sulfide) groups is 1. The second-order valence-electron chi connectivity index (χ2n) is 12.9. The average molecular weight is 651 g/mol. The van der Waals surface area contributed by atoms with E-state index in [4.69, 9.17) is 0 Å². The fourth-order valence-electron chi connectivity index (χ4n) is 7.52. The highest BCUT2D eigenvalue weighted by Crippen LogP contribution is 2.47. The van der Waals surface area contributed by atoms with Gasteiger partial charge in [-0.05, 0) is 109 Å². The molecule has 48 heavy (non-hydrogen) atoms. The van der Waals surface area contributed by atoms with E-state index in [-0.39, 0.29) is 0 Å². The molecule has 1 aliphatic heterocycles. The number of fused-ring (bicyclic) bond motifs is 8. The number of thiophene rings is 1. The van der Waals surface area contributed by atoms with Crippen molar-refractivity contribution < 1.29 is 0 Å². The molecule has 1 aromatic heterocycles. The van der Waals surface area contributed by atoms with Gasteiger partial charge in [0, 0.05) is 31.5 Å². The minimum atomic E-state index is 0.979. The Morgan fingerprint density at radius 3 is 1.92 bits per heavy atom. The molecule has 0 unspecified atom stereocenters. The Morgan fingerprint density at radius 2 is 1.25 bits per heavy atom. The standard InChI is InChI=1S/C46H34S2/c1-29(20-22-31-12-4-3-5-13-31)44-36-15-6-8-17-38(36)45(39-18-9-7-16-37(39)44)30(2)21-25-34-26-33-24-23-32-27-43-41(28-40(32)46(33)47-34)35-14-10-11-19-42(35)48-43/h3-12,14-25,27-28H,13,26H2,1-2H3/b29-20+,30-21+,31-22-,34-25+. The summed E-state index contributed by atoms with van der Waals surface area (Å²) in [6, 6.07) is 36.2. The predicted octanol–water partition coefficient (Wildman–Crippen LogP) is 14.0. The minimum Gasteiger partial charge on any atom is -0.135 e. The largest absolute Gasteiger partial charge is 0.135 e. The Morgan fingerprint density at radius 1 is 0.604 bits per heavy atom. The van der Waals surface area contributed by atoms with Crippen LogP contribution in [0.4, 0.5) is 0 Å². The Labute approximate surface area is 289 Å². The van der Waals surface area contributed by atoms with Gasteiger partial charge in [-0.3, -0.25) is 0 Å². The highest BCUT2D eigenvalue weighted by atomic mass is 32.2. The van der Waals surface area contributed by atoms with E-state index in [2.05, 4.69) is 160 Å². The summed E-state index contributed by atoms with van der Waals surface area (Å²) < 4.78 is 2.73. The van der Waals surface area contributed by atoms with Crippen LogP contribution in [0.25, 0.3) is 63.6 Å². The summed E-state index contributed by atoms with van der Waals surface area (Å²) in [5.41, 5.74) is 7.99. The van der Waals surface area contributed by atoms with Crippen molar-refractivity contribution in [2.75, 3.05) is 0 Å². The molecule has 1 aliphatic carbocycles. The summed E-state index contributed by atoms with van der Waals surface area (Å²) >= 11 is 3.84. The molecule has 7 aromatic rings. The van der Waals surface area contributed by atoms with Crippen LogP contribution in [-0.2, 0) is 6.42 Å². The second kappa shape index (κ2) is 12.0. The maximum Gasteiger partial charge on any atom is 0.0361 e. The number of benzene rings is 6. The highest BCUT2D eigenvalue weighted by molar-refractivity contribution is 8.03. The molecule has 0 N–H and O–H groups in total. The minimum absolute atomic E-state index is 0.979. The molecule has 0 nitrogen and oxygen atoms in total. The van der Waals surface area contributed by atoms with Crippen molar-refractivity contribution >= 4 is 86.7 Å². The smallest absolute Gasteiger partial charge is 0.0361 e. The van der Waals surface area contributed by atoms with Crippen molar-refractivity contribution in [3.8, 4) is 0 Å². The lowest BCUT2D eigenvalue weighted by molar-refractivity contribution is 1.23. The Bertz CT molecular complexity index is 2590. The monoisotopic (exact) mass is 650 g/mol. The lowest BCUT2D eigenvalue weighted by Crippen LogP contribution is -1.94. The summed E-state index contributed by atoms with van der Waals surface area (Å²) in [6.45, 7) is 4.53. The van der Waals surface area contributed by atoms with Gasteiger partial charge in [-0.2, -0.15) is 0 Å². The quantitative estimate of drug-likeness (QED) is 0.171. The number of allylic oxidation sites excluding steroid dienone is 12. The molecule has 0 bridgehead atoms. The molecular weight excluding hydrogens is 617 g/mol. The average Bonchev–Trinajstić information content (AvgIpc) is 3.72. The number of hydrogen-bond acceptors (Lipinski definition) is 2. The van der Waals surface area contributed by atoms with Crippen molar-refractivity contribution in [1.82, 2.24) is 0 Å². The molecule has 0 atom stereocenters. The van der Waals surface area contributed by atoms with E-state index in [1.165, 1.54) is 95.7 Å². The molecule has 0 spiro atoms. The number of rotatable bonds is 4. The Hall–Kier alpha value is -4.89. The zero-order valence-electron chi connectivity index (χ0n) is 27.1. The molecular formula is C46H34S2. The third-order valence-corrected chi connectivity index (χ3v) is 12.2. The highest BCUT2D eigenvalue weighted by Gasteiger charge is 2.20. The van der Waals surface area contributed by atoms with Crippen LogP contribution in [-0.4, -0.2) is 0 Å². The SMILES string of the molecule is C/C(=C\C=C1\C=CC=CC1)c1c2ccccc2c(/C(C)=C/C=C2\Cc3ccc4cc5sc6ccccc6c5cc4c3S2)c2ccccc12. The summed E-state index contributed by atoms with van der Waals surface area (Å²) in [5, 5.41) is 10.7. The first-order chi connectivity index (χ1) is 23.6. The van der Waals surface area contributed by atoms with E-state index in [1.54, 1.807) is 0 Å². The molecule has 6 aromatic carbocycles. The van der Waals surface area contributed by atoms with Gasteiger partial charge in [0.15, 0.2) is 0 Å². The molecule has 0 saturated heterocycles. The zero-order valence-corrected chi connectivity index (χ0v) is 28.7. The van der Waals surface area contributed by atoms with Crippen molar-refractivity contribution in [1.29, 1.82) is 0 Å². The predicted molar refractivity (Wildman–Crippen MR) is 214 cm³/mol. The van der Waals surface area contributed by atoms with Crippen LogP contribution in [0.3, 0.4) is 0 Å². The first-order valence-electron chi connectivity index (χ1n) is 16.7. The topological polar surface area (TPSA) is 0 Å². The van der Waals surface area contributed by atoms with Crippen LogP contribution in [0.2, 0.25) is 0 Å². The maximum absolute atomic E-state index is 2.44. The van der Waals surface area contributed by atoms with Gasteiger partial charge in [0.05, 0.1) is 0 Å². The molecule has 2 aliphatic rings. The van der Waals surface area contributed by atoms with E-state index in [9.17, 15) is 0 Å². The van der Waals surface area contributed by atoms with Gasteiger partial charge in [-0.15, -0.1) is 11.3 Å². The normalized spacial score (nSPS) is 16.9. The third kappa shape index (κ3) is 4.99. The molecule has 0 amide bonds. The molecule has 0 radical (unpaired) electrons. The first-order valence-corrected chi connectivity index (χ1v) is 18.3. The van der Waals surface area contributed by atoms with Crippen LogP contribution < -0.4 is 0 Å². The lowest BCUT2D eigenvalue weighted by atomic mass is 9.86. The Balaban J connectivity index is 1.12. The fourth-order valence-corrected chi connectivity index (χ4v) is 9.84. The van der Waals surface area contributed by atoms with Gasteiger partial charge in [-0.25, -0.2) is 0 Å². The van der Waals surface area contributed by atoms with Gasteiger partial charge >= 0.3 is 0 Å². The van der Waals surface area contributed by atoms with Gasteiger partial charge in [-0.1, -0.05) is 139 Å². The van der Waals surface area contributed by atoms with Crippen molar-refractivity contribution in [3.05, 3.63) is 173 Å². The summed E-state index contributed by atoms with van der Waals surface area (Å²) in [5.74, 6) is 0. The fraction of sp³-hybridized carbons (Fsp3) is 0.0870. The van der Waals surface area contributed by atoms with E-state index < -0.39 is 0 Å². The number of hydrogen-bond donors (Lipinski definition) is 0. The first kappa shape index (κ1) is 29.3. The van der Waals surface area contributed by atoms with E-state index >= 15 is 0 Å². The van der Waals surface area contributed by atoms with E-state index in [0.717, 1.165) is 12.8 Å². The molecule has 230 valence electrons. The molecule has 2 heteroatoms. The maximum atomic E-state index is 2.44. The van der Waals surface area contributed by atoms with Crippen LogP contribution in [0.15, 0.2) is 161 Å². The molecule has 0 fully saturated rings. The van der Waals surface area contributed by atoms with E-state index in [1.807, 2.05) is 23.1 Å². The lowest BCUT2D eigenvalue weighted by Gasteiger charge is -2.18. The Kier molecular flexibility index (Phi) is 7.30. The van der Waals surface area contributed by atoms with Crippen LogP contribution in [0.1, 0.15) is 37.0 Å². The molecule has 2 heterocycles. The van der Waals surface area contributed by atoms with Crippen LogP contribution >= 0.6 is 23.1 Å². The molecule has 0 saturated carbocycles.